The molecule has 3 heteroatoms. The second-order valence-electron chi connectivity index (χ2n) is 7.28. The van der Waals surface area contributed by atoms with Gasteiger partial charge in [0.1, 0.15) is 0 Å². The molecule has 0 aliphatic heterocycles. The molecule has 0 N–H and O–H groups in total. The van der Waals surface area contributed by atoms with Crippen molar-refractivity contribution in [2.45, 2.75) is 69.5 Å². The van der Waals surface area contributed by atoms with Crippen LogP contribution in [-0.2, 0) is 0 Å². The normalized spacial score (nSPS) is 32.9. The average molecular weight is 324 g/mol. The molecule has 2 saturated carbocycles. The second-order valence-corrected chi connectivity index (χ2v) is 8.01. The Morgan fingerprint density at radius 2 is 1.36 bits per heavy atom. The highest BCUT2D eigenvalue weighted by molar-refractivity contribution is 7.80. The van der Waals surface area contributed by atoms with Gasteiger partial charge in [-0.1, -0.05) is 12.1 Å². The van der Waals surface area contributed by atoms with Crippen molar-refractivity contribution in [1.82, 2.24) is 0 Å². The van der Waals surface area contributed by atoms with Crippen LogP contribution in [0.5, 0.6) is 0 Å². The van der Waals surface area contributed by atoms with Gasteiger partial charge in [-0.15, -0.1) is 0 Å². The summed E-state index contributed by atoms with van der Waals surface area (Å²) >= 11 is 4.58. The van der Waals surface area contributed by atoms with Gasteiger partial charge in [0.05, 0.1) is 0 Å². The fraction of sp³-hybridized carbons (Fsp3) is 0.684. The lowest BCUT2D eigenvalue weighted by atomic mass is 9.70. The SMILES string of the molecule is Cc1ccc(C2CCC(C3CCC(S)CC3)CC2)c(F)c1F. The third kappa shape index (κ3) is 3.34. The fourth-order valence-corrected chi connectivity index (χ4v) is 4.75. The number of aryl methyl sites for hydroxylation is 1. The van der Waals surface area contributed by atoms with E-state index in [9.17, 15) is 8.78 Å². The van der Waals surface area contributed by atoms with Crippen LogP contribution < -0.4 is 0 Å². The first-order valence-corrected chi connectivity index (χ1v) is 9.20. The van der Waals surface area contributed by atoms with Gasteiger partial charge in [-0.05, 0) is 87.2 Å². The molecule has 122 valence electrons. The minimum Gasteiger partial charge on any atom is -0.203 e. The average Bonchev–Trinajstić information content (AvgIpc) is 2.54. The van der Waals surface area contributed by atoms with E-state index >= 15 is 0 Å². The van der Waals surface area contributed by atoms with E-state index in [0.717, 1.165) is 24.7 Å². The van der Waals surface area contributed by atoms with Crippen molar-refractivity contribution in [1.29, 1.82) is 0 Å². The highest BCUT2D eigenvalue weighted by Gasteiger charge is 2.31. The van der Waals surface area contributed by atoms with Crippen LogP contribution in [0.1, 0.15) is 68.4 Å². The highest BCUT2D eigenvalue weighted by atomic mass is 32.1. The first-order valence-electron chi connectivity index (χ1n) is 8.68. The number of thiol groups is 1. The van der Waals surface area contributed by atoms with Crippen molar-refractivity contribution in [2.75, 3.05) is 0 Å². The summed E-state index contributed by atoms with van der Waals surface area (Å²) in [6.45, 7) is 1.62. The summed E-state index contributed by atoms with van der Waals surface area (Å²) in [5, 5.41) is 0.595. The number of halogens is 2. The Balaban J connectivity index is 1.61. The summed E-state index contributed by atoms with van der Waals surface area (Å²) in [4.78, 5) is 0. The van der Waals surface area contributed by atoms with Gasteiger partial charge in [0.25, 0.3) is 0 Å². The lowest BCUT2D eigenvalue weighted by Crippen LogP contribution is -2.25. The van der Waals surface area contributed by atoms with Crippen LogP contribution in [0.3, 0.4) is 0 Å². The van der Waals surface area contributed by atoms with Gasteiger partial charge in [0.2, 0.25) is 0 Å². The lowest BCUT2D eigenvalue weighted by Gasteiger charge is -2.37. The molecule has 0 aromatic heterocycles. The first-order chi connectivity index (χ1) is 10.6. The Kier molecular flexibility index (Phi) is 5.11. The van der Waals surface area contributed by atoms with E-state index in [1.165, 1.54) is 38.5 Å². The van der Waals surface area contributed by atoms with E-state index in [2.05, 4.69) is 12.6 Å². The van der Waals surface area contributed by atoms with Crippen molar-refractivity contribution < 1.29 is 8.78 Å². The second kappa shape index (κ2) is 6.90. The Labute approximate surface area is 138 Å². The van der Waals surface area contributed by atoms with Crippen LogP contribution >= 0.6 is 12.6 Å². The fourth-order valence-electron chi connectivity index (χ4n) is 4.45. The molecule has 0 saturated heterocycles. The Hall–Kier alpha value is -0.570. The van der Waals surface area contributed by atoms with E-state index in [4.69, 9.17) is 0 Å². The summed E-state index contributed by atoms with van der Waals surface area (Å²) in [5.74, 6) is 0.553. The zero-order valence-electron chi connectivity index (χ0n) is 13.3. The van der Waals surface area contributed by atoms with Gasteiger partial charge in [-0.3, -0.25) is 0 Å². The minimum atomic E-state index is -0.660. The van der Waals surface area contributed by atoms with Crippen molar-refractivity contribution in [2.24, 2.45) is 11.8 Å². The molecule has 22 heavy (non-hydrogen) atoms. The van der Waals surface area contributed by atoms with Crippen molar-refractivity contribution in [3.63, 3.8) is 0 Å². The Morgan fingerprint density at radius 3 is 1.95 bits per heavy atom. The number of benzene rings is 1. The van der Waals surface area contributed by atoms with Crippen LogP contribution in [0.2, 0.25) is 0 Å². The Morgan fingerprint density at radius 1 is 0.818 bits per heavy atom. The van der Waals surface area contributed by atoms with Crippen LogP contribution in [0.4, 0.5) is 8.78 Å². The van der Waals surface area contributed by atoms with E-state index in [0.29, 0.717) is 16.4 Å². The number of hydrogen-bond acceptors (Lipinski definition) is 1. The van der Waals surface area contributed by atoms with Gasteiger partial charge in [0, 0.05) is 5.25 Å². The predicted octanol–water partition coefficient (Wildman–Crippen LogP) is 6.04. The van der Waals surface area contributed by atoms with Gasteiger partial charge < -0.3 is 0 Å². The maximum absolute atomic E-state index is 14.2. The monoisotopic (exact) mass is 324 g/mol. The smallest absolute Gasteiger partial charge is 0.162 e. The molecule has 0 atom stereocenters. The summed E-state index contributed by atoms with van der Waals surface area (Å²) in [6, 6.07) is 3.51. The highest BCUT2D eigenvalue weighted by Crippen LogP contribution is 2.44. The van der Waals surface area contributed by atoms with Crippen molar-refractivity contribution in [3.8, 4) is 0 Å². The van der Waals surface area contributed by atoms with E-state index in [1.807, 2.05) is 0 Å². The summed E-state index contributed by atoms with van der Waals surface area (Å²) < 4.78 is 27.9. The maximum atomic E-state index is 14.2. The van der Waals surface area contributed by atoms with Crippen molar-refractivity contribution in [3.05, 3.63) is 34.9 Å². The molecule has 0 nitrogen and oxygen atoms in total. The Bertz CT molecular complexity index is 512. The predicted molar refractivity (Wildman–Crippen MR) is 90.5 cm³/mol. The van der Waals surface area contributed by atoms with E-state index in [1.54, 1.807) is 19.1 Å². The molecule has 3 rings (SSSR count). The van der Waals surface area contributed by atoms with E-state index < -0.39 is 11.6 Å². The minimum absolute atomic E-state index is 0.201. The van der Waals surface area contributed by atoms with Gasteiger partial charge in [-0.25, -0.2) is 8.78 Å². The molecular formula is C19H26F2S. The lowest BCUT2D eigenvalue weighted by molar-refractivity contribution is 0.187. The maximum Gasteiger partial charge on any atom is 0.162 e. The molecule has 2 aliphatic carbocycles. The van der Waals surface area contributed by atoms with Crippen LogP contribution in [0.25, 0.3) is 0 Å². The molecule has 1 aromatic carbocycles. The number of rotatable bonds is 2. The van der Waals surface area contributed by atoms with Gasteiger partial charge in [-0.2, -0.15) is 12.6 Å². The molecular weight excluding hydrogens is 298 g/mol. The molecule has 0 radical (unpaired) electrons. The zero-order chi connectivity index (χ0) is 15.7. The quantitative estimate of drug-likeness (QED) is 0.630. The third-order valence-electron chi connectivity index (χ3n) is 5.92. The van der Waals surface area contributed by atoms with E-state index in [-0.39, 0.29) is 5.92 Å². The third-order valence-corrected chi connectivity index (χ3v) is 6.44. The zero-order valence-corrected chi connectivity index (χ0v) is 14.2. The standard InChI is InChI=1S/C19H26F2S/c1-12-2-11-17(19(21)18(12)20)15-5-3-13(4-6-15)14-7-9-16(22)10-8-14/h2,11,13-16,22H,3-10H2,1H3. The molecule has 0 bridgehead atoms. The molecule has 2 aliphatic rings. The van der Waals surface area contributed by atoms with Gasteiger partial charge >= 0.3 is 0 Å². The summed E-state index contributed by atoms with van der Waals surface area (Å²) in [5.41, 5.74) is 0.999. The molecule has 2 fully saturated rings. The molecule has 0 unspecified atom stereocenters. The largest absolute Gasteiger partial charge is 0.203 e. The van der Waals surface area contributed by atoms with Crippen LogP contribution in [0.15, 0.2) is 12.1 Å². The number of hydrogen-bond donors (Lipinski definition) is 1. The topological polar surface area (TPSA) is 0 Å². The molecule has 1 aromatic rings. The van der Waals surface area contributed by atoms with Crippen LogP contribution in [-0.4, -0.2) is 5.25 Å². The summed E-state index contributed by atoms with van der Waals surface area (Å²) in [7, 11) is 0. The van der Waals surface area contributed by atoms with Gasteiger partial charge in [0.15, 0.2) is 11.6 Å². The first kappa shape index (κ1) is 16.3. The molecule has 0 spiro atoms. The van der Waals surface area contributed by atoms with Crippen molar-refractivity contribution >= 4 is 12.6 Å². The molecule has 0 amide bonds. The van der Waals surface area contributed by atoms with Crippen LogP contribution in [0, 0.1) is 30.4 Å². The summed E-state index contributed by atoms with van der Waals surface area (Å²) in [6.07, 6.45) is 9.43. The molecule has 0 heterocycles.